The molecule has 1 saturated carbocycles. The minimum atomic E-state index is -0.487. The molecule has 0 spiro atoms. The molecule has 0 atom stereocenters. The number of imidazole rings is 1. The topological polar surface area (TPSA) is 99.9 Å². The molecule has 1 aromatic carbocycles. The van der Waals surface area contributed by atoms with Crippen molar-refractivity contribution >= 4 is 28.2 Å². The van der Waals surface area contributed by atoms with Gasteiger partial charge in [0.25, 0.3) is 11.4 Å². The maximum Gasteiger partial charge on any atom is 0.279 e. The maximum atomic E-state index is 13.8. The summed E-state index contributed by atoms with van der Waals surface area (Å²) >= 11 is 6.30. The van der Waals surface area contributed by atoms with E-state index in [0.717, 1.165) is 43.5 Å². The highest BCUT2D eigenvalue weighted by Crippen LogP contribution is 2.47. The van der Waals surface area contributed by atoms with Gasteiger partial charge in [0.1, 0.15) is 17.4 Å². The highest BCUT2D eigenvalue weighted by molar-refractivity contribution is 6.31. The van der Waals surface area contributed by atoms with E-state index in [-0.39, 0.29) is 11.4 Å². The molecule has 10 nitrogen and oxygen atoms in total. The Hall–Kier alpha value is -2.79. The van der Waals surface area contributed by atoms with Crippen LogP contribution in [0.4, 0.5) is 0 Å². The molecule has 0 unspecified atom stereocenters. The third-order valence-electron chi connectivity index (χ3n) is 6.58. The number of rotatable bonds is 6. The Kier molecular flexibility index (Phi) is 4.98. The Morgan fingerprint density at radius 2 is 2.00 bits per heavy atom. The van der Waals surface area contributed by atoms with E-state index in [1.807, 2.05) is 12.1 Å². The summed E-state index contributed by atoms with van der Waals surface area (Å²) in [6.45, 7) is 4.34. The van der Waals surface area contributed by atoms with Crippen LogP contribution in [0.3, 0.4) is 0 Å². The Balaban J connectivity index is 1.48. The van der Waals surface area contributed by atoms with Gasteiger partial charge in [-0.25, -0.2) is 4.98 Å². The first-order valence-corrected chi connectivity index (χ1v) is 11.4. The number of halogens is 1. The number of morpholine rings is 1. The van der Waals surface area contributed by atoms with Gasteiger partial charge in [-0.3, -0.25) is 14.1 Å². The molecule has 0 N–H and O–H groups in total. The molecule has 0 amide bonds. The van der Waals surface area contributed by atoms with E-state index in [2.05, 4.69) is 20.0 Å². The molecule has 1 saturated heterocycles. The van der Waals surface area contributed by atoms with Crippen molar-refractivity contribution in [1.82, 2.24) is 29.0 Å². The average molecular weight is 471 g/mol. The summed E-state index contributed by atoms with van der Waals surface area (Å²) < 4.78 is 20.0. The molecule has 1 aliphatic carbocycles. The number of aromatic nitrogens is 5. The lowest BCUT2D eigenvalue weighted by Gasteiger charge is -2.27. The number of benzene rings is 1. The van der Waals surface area contributed by atoms with Gasteiger partial charge >= 0.3 is 0 Å². The normalized spacial score (nSPS) is 18.4. The van der Waals surface area contributed by atoms with E-state index in [9.17, 15) is 4.79 Å². The Morgan fingerprint density at radius 1 is 1.18 bits per heavy atom. The Morgan fingerprint density at radius 3 is 2.76 bits per heavy atom. The Labute approximate surface area is 193 Å². The lowest BCUT2D eigenvalue weighted by Crippen LogP contribution is -2.39. The number of hydrogen-bond acceptors (Lipinski definition) is 8. The smallest absolute Gasteiger partial charge is 0.279 e. The average Bonchev–Trinajstić information content (AvgIpc) is 3.25. The molecule has 0 bridgehead atoms. The zero-order valence-corrected chi connectivity index (χ0v) is 18.9. The first kappa shape index (κ1) is 20.8. The summed E-state index contributed by atoms with van der Waals surface area (Å²) in [5.41, 5.74) is 1.66. The summed E-state index contributed by atoms with van der Waals surface area (Å²) in [5.74, 6) is 0.697. The van der Waals surface area contributed by atoms with Crippen LogP contribution in [-0.4, -0.2) is 69.0 Å². The van der Waals surface area contributed by atoms with E-state index in [1.165, 1.54) is 0 Å². The molecular weight excluding hydrogens is 448 g/mol. The van der Waals surface area contributed by atoms with Gasteiger partial charge in [-0.1, -0.05) is 16.8 Å². The van der Waals surface area contributed by atoms with Crippen molar-refractivity contribution in [2.75, 3.05) is 40.0 Å². The first-order chi connectivity index (χ1) is 16.1. The molecule has 33 heavy (non-hydrogen) atoms. The van der Waals surface area contributed by atoms with Gasteiger partial charge < -0.3 is 18.6 Å². The van der Waals surface area contributed by atoms with Crippen LogP contribution in [0, 0.1) is 0 Å². The second-order valence-electron chi connectivity index (χ2n) is 8.48. The lowest BCUT2D eigenvalue weighted by atomic mass is 10.2. The van der Waals surface area contributed by atoms with Gasteiger partial charge in [-0.05, 0) is 31.0 Å². The van der Waals surface area contributed by atoms with E-state index in [0.29, 0.717) is 41.8 Å². The van der Waals surface area contributed by atoms with E-state index in [4.69, 9.17) is 25.6 Å². The standard InChI is InChI=1S/C22H23ClN6O4/c1-31-22(4-5-22)21-25-19(33-26-21)17-18-20(30)28(7-6-27-8-10-32-11-9-27)16-12-14(23)2-3-15(16)29(18)13-24-17/h2-3,12-13H,4-11H2,1H3. The van der Waals surface area contributed by atoms with Crippen LogP contribution in [0.25, 0.3) is 28.1 Å². The highest BCUT2D eigenvalue weighted by atomic mass is 35.5. The molecule has 4 heterocycles. The van der Waals surface area contributed by atoms with Crippen molar-refractivity contribution in [3.05, 3.63) is 45.7 Å². The third-order valence-corrected chi connectivity index (χ3v) is 6.81. The van der Waals surface area contributed by atoms with Crippen molar-refractivity contribution in [3.8, 4) is 11.6 Å². The zero-order chi connectivity index (χ0) is 22.6. The minimum absolute atomic E-state index is 0.182. The molecule has 2 fully saturated rings. The molecule has 4 aromatic rings. The number of fused-ring (bicyclic) bond motifs is 3. The predicted octanol–water partition coefficient (Wildman–Crippen LogP) is 2.32. The molecule has 0 radical (unpaired) electrons. The van der Waals surface area contributed by atoms with Crippen LogP contribution in [0.5, 0.6) is 0 Å². The molecule has 11 heteroatoms. The molecule has 2 aliphatic rings. The van der Waals surface area contributed by atoms with Crippen LogP contribution < -0.4 is 5.56 Å². The summed E-state index contributed by atoms with van der Waals surface area (Å²) in [5, 5.41) is 4.67. The van der Waals surface area contributed by atoms with Crippen LogP contribution in [0.1, 0.15) is 18.7 Å². The highest BCUT2D eigenvalue weighted by Gasteiger charge is 2.49. The number of nitrogens with zero attached hydrogens (tertiary/aromatic N) is 6. The molecular formula is C22H23ClN6O4. The van der Waals surface area contributed by atoms with Gasteiger partial charge in [-0.15, -0.1) is 0 Å². The van der Waals surface area contributed by atoms with Gasteiger partial charge in [0.2, 0.25) is 5.82 Å². The molecule has 6 rings (SSSR count). The number of methoxy groups -OCH3 is 1. The first-order valence-electron chi connectivity index (χ1n) is 11.0. The predicted molar refractivity (Wildman–Crippen MR) is 120 cm³/mol. The van der Waals surface area contributed by atoms with Crippen molar-refractivity contribution in [1.29, 1.82) is 0 Å². The third kappa shape index (κ3) is 3.45. The maximum absolute atomic E-state index is 13.8. The van der Waals surface area contributed by atoms with Crippen LogP contribution in [-0.2, 0) is 21.6 Å². The van der Waals surface area contributed by atoms with Gasteiger partial charge in [0, 0.05) is 38.3 Å². The Bertz CT molecular complexity index is 1400. The summed E-state index contributed by atoms with van der Waals surface area (Å²) in [6.07, 6.45) is 3.29. The molecule has 1 aliphatic heterocycles. The van der Waals surface area contributed by atoms with Crippen molar-refractivity contribution < 1.29 is 14.0 Å². The summed E-state index contributed by atoms with van der Waals surface area (Å²) in [7, 11) is 1.64. The van der Waals surface area contributed by atoms with Crippen molar-refractivity contribution in [3.63, 3.8) is 0 Å². The van der Waals surface area contributed by atoms with Crippen molar-refractivity contribution in [2.24, 2.45) is 0 Å². The van der Waals surface area contributed by atoms with Gasteiger partial charge in [0.15, 0.2) is 5.69 Å². The quantitative estimate of drug-likeness (QED) is 0.423. The van der Waals surface area contributed by atoms with Crippen LogP contribution in [0.15, 0.2) is 33.8 Å². The largest absolute Gasteiger partial charge is 0.379 e. The van der Waals surface area contributed by atoms with Gasteiger partial charge in [0.05, 0.1) is 24.2 Å². The second-order valence-corrected chi connectivity index (χ2v) is 8.91. The lowest BCUT2D eigenvalue weighted by molar-refractivity contribution is 0.0364. The fourth-order valence-electron chi connectivity index (χ4n) is 4.47. The second kappa shape index (κ2) is 7.91. The number of hydrogen-bond donors (Lipinski definition) is 0. The van der Waals surface area contributed by atoms with E-state index in [1.54, 1.807) is 28.5 Å². The molecule has 172 valence electrons. The van der Waals surface area contributed by atoms with Crippen molar-refractivity contribution in [2.45, 2.75) is 25.0 Å². The zero-order valence-electron chi connectivity index (χ0n) is 18.2. The minimum Gasteiger partial charge on any atom is -0.379 e. The van der Waals surface area contributed by atoms with Crippen LogP contribution in [0.2, 0.25) is 5.02 Å². The summed E-state index contributed by atoms with van der Waals surface area (Å²) in [6, 6.07) is 5.52. The fraction of sp³-hybridized carbons (Fsp3) is 0.455. The van der Waals surface area contributed by atoms with Crippen LogP contribution >= 0.6 is 11.6 Å². The number of ether oxygens (including phenoxy) is 2. The SMILES string of the molecule is COC1(c2noc(-c3ncn4c3c(=O)n(CCN3CCOCC3)c3cc(Cl)ccc34)n2)CC1. The van der Waals surface area contributed by atoms with Gasteiger partial charge in [-0.2, -0.15) is 4.98 Å². The monoisotopic (exact) mass is 470 g/mol. The fourth-order valence-corrected chi connectivity index (χ4v) is 4.64. The van der Waals surface area contributed by atoms with E-state index >= 15 is 0 Å². The van der Waals surface area contributed by atoms with E-state index < -0.39 is 5.60 Å². The molecule has 3 aromatic heterocycles. The summed E-state index contributed by atoms with van der Waals surface area (Å²) in [4.78, 5) is 25.1.